The largest absolute Gasteiger partial charge is 0.277 e. The van der Waals surface area contributed by atoms with Gasteiger partial charge in [0.25, 0.3) is 15.9 Å². The first-order valence-electron chi connectivity index (χ1n) is 8.31. The highest BCUT2D eigenvalue weighted by molar-refractivity contribution is 7.90. The van der Waals surface area contributed by atoms with Crippen LogP contribution in [0.5, 0.6) is 0 Å². The van der Waals surface area contributed by atoms with E-state index in [2.05, 4.69) is 6.58 Å². The number of aryl methyl sites for hydroxylation is 1. The van der Waals surface area contributed by atoms with Crippen molar-refractivity contribution in [3.05, 3.63) is 72.2 Å². The maximum Gasteiger partial charge on any atom is 0.277 e. The zero-order chi connectivity index (χ0) is 20.6. The second-order valence-electron chi connectivity index (χ2n) is 6.28. The summed E-state index contributed by atoms with van der Waals surface area (Å²) in [6.07, 6.45) is 1.28. The lowest BCUT2D eigenvalue weighted by Crippen LogP contribution is -2.25. The summed E-state index contributed by atoms with van der Waals surface area (Å²) in [4.78, 5) is 17.4. The van der Waals surface area contributed by atoms with Crippen molar-refractivity contribution in [2.24, 2.45) is 0 Å². The molecular formula is C20H19FN2O4S. The van der Waals surface area contributed by atoms with Crippen LogP contribution < -0.4 is 0 Å². The molecule has 0 aliphatic heterocycles. The van der Waals surface area contributed by atoms with E-state index in [0.29, 0.717) is 0 Å². The van der Waals surface area contributed by atoms with Gasteiger partial charge in [0.2, 0.25) is 0 Å². The molecule has 1 aromatic heterocycles. The van der Waals surface area contributed by atoms with Gasteiger partial charge in [-0.05, 0) is 37.3 Å². The summed E-state index contributed by atoms with van der Waals surface area (Å²) < 4.78 is 41.2. The highest BCUT2D eigenvalue weighted by atomic mass is 32.2. The number of aromatic nitrogens is 1. The normalized spacial score (nSPS) is 11.6. The number of hydrogen-bond acceptors (Lipinski definition) is 4. The Morgan fingerprint density at radius 1 is 1.18 bits per heavy atom. The number of carbonyl (C=O) groups is 1. The molecule has 0 saturated heterocycles. The van der Waals surface area contributed by atoms with Gasteiger partial charge in [-0.15, -0.1) is 0 Å². The van der Waals surface area contributed by atoms with Gasteiger partial charge in [-0.1, -0.05) is 24.3 Å². The molecule has 3 rings (SSSR count). The fourth-order valence-corrected chi connectivity index (χ4v) is 4.19. The number of fused-ring (bicyclic) bond motifs is 1. The minimum atomic E-state index is -3.96. The third-order valence-corrected chi connectivity index (χ3v) is 6.14. The van der Waals surface area contributed by atoms with E-state index in [1.165, 1.54) is 50.7 Å². The van der Waals surface area contributed by atoms with Gasteiger partial charge in [0.15, 0.2) is 0 Å². The van der Waals surface area contributed by atoms with Crippen molar-refractivity contribution < 1.29 is 22.4 Å². The second kappa shape index (κ2) is 7.21. The highest BCUT2D eigenvalue weighted by Gasteiger charge is 2.25. The van der Waals surface area contributed by atoms with Crippen LogP contribution in [-0.4, -0.2) is 37.5 Å². The predicted octanol–water partition coefficient (Wildman–Crippen LogP) is 3.36. The predicted molar refractivity (Wildman–Crippen MR) is 104 cm³/mol. The Morgan fingerprint density at radius 3 is 2.43 bits per heavy atom. The lowest BCUT2D eigenvalue weighted by Gasteiger charge is -2.14. The van der Waals surface area contributed by atoms with Gasteiger partial charge >= 0.3 is 0 Å². The zero-order valence-corrected chi connectivity index (χ0v) is 16.5. The molecule has 0 saturated carbocycles. The molecule has 0 aliphatic carbocycles. The third-order valence-electron chi connectivity index (χ3n) is 4.45. The molecule has 6 nitrogen and oxygen atoms in total. The molecule has 3 aromatic rings. The molecule has 28 heavy (non-hydrogen) atoms. The van der Waals surface area contributed by atoms with Crippen molar-refractivity contribution in [2.75, 3.05) is 14.2 Å². The Morgan fingerprint density at radius 2 is 1.82 bits per heavy atom. The molecule has 1 amide bonds. The molecule has 0 radical (unpaired) electrons. The SMILES string of the molecule is C=C(C(=O)N(C)OC)c1cn(S(=O)(=O)c2ccc(C)cc2)c2ccc(F)cc12. The fourth-order valence-electron chi connectivity index (χ4n) is 2.82. The van der Waals surface area contributed by atoms with Gasteiger partial charge < -0.3 is 0 Å². The number of benzene rings is 2. The minimum absolute atomic E-state index is 0.0159. The number of carbonyl (C=O) groups excluding carboxylic acids is 1. The average molecular weight is 402 g/mol. The summed E-state index contributed by atoms with van der Waals surface area (Å²) >= 11 is 0. The summed E-state index contributed by atoms with van der Waals surface area (Å²) in [7, 11) is -1.25. The van der Waals surface area contributed by atoms with E-state index >= 15 is 0 Å². The Kier molecular flexibility index (Phi) is 5.10. The topological polar surface area (TPSA) is 68.6 Å². The molecule has 0 atom stereocenters. The molecule has 0 spiro atoms. The Balaban J connectivity index is 2.24. The lowest BCUT2D eigenvalue weighted by atomic mass is 10.1. The number of nitrogens with zero attached hydrogens (tertiary/aromatic N) is 2. The molecule has 2 aromatic carbocycles. The standard InChI is InChI=1S/C20H19FN2O4S/c1-13-5-8-16(9-6-13)28(25,26)23-12-18(14(2)20(24)22(3)27-4)17-11-15(21)7-10-19(17)23/h5-12H,2H2,1,3-4H3. The quantitative estimate of drug-likeness (QED) is 0.485. The Bertz CT molecular complexity index is 1180. The molecule has 1 heterocycles. The smallest absolute Gasteiger partial charge is 0.274 e. The van der Waals surface area contributed by atoms with Gasteiger partial charge in [0, 0.05) is 29.8 Å². The summed E-state index contributed by atoms with van der Waals surface area (Å²) in [5, 5.41) is 1.22. The van der Waals surface area contributed by atoms with Crippen LogP contribution >= 0.6 is 0 Å². The minimum Gasteiger partial charge on any atom is -0.274 e. The van der Waals surface area contributed by atoms with Crippen molar-refractivity contribution in [1.82, 2.24) is 9.04 Å². The molecule has 146 valence electrons. The van der Waals surface area contributed by atoms with E-state index in [4.69, 9.17) is 4.84 Å². The number of hydrogen-bond donors (Lipinski definition) is 0. The van der Waals surface area contributed by atoms with Crippen molar-refractivity contribution in [3.63, 3.8) is 0 Å². The van der Waals surface area contributed by atoms with Gasteiger partial charge in [0.05, 0.1) is 17.5 Å². The maximum absolute atomic E-state index is 13.9. The first-order valence-corrected chi connectivity index (χ1v) is 9.75. The van der Waals surface area contributed by atoms with Crippen LogP contribution in [0.3, 0.4) is 0 Å². The first kappa shape index (κ1) is 19.8. The van der Waals surface area contributed by atoms with Crippen molar-refractivity contribution in [3.8, 4) is 0 Å². The average Bonchev–Trinajstić information content (AvgIpc) is 3.05. The summed E-state index contributed by atoms with van der Waals surface area (Å²) in [5.74, 6) is -1.13. The van der Waals surface area contributed by atoms with E-state index in [9.17, 15) is 17.6 Å². The van der Waals surface area contributed by atoms with Crippen LogP contribution in [0.1, 0.15) is 11.1 Å². The summed E-state index contributed by atoms with van der Waals surface area (Å²) in [5.41, 5.74) is 1.35. The van der Waals surface area contributed by atoms with Gasteiger partial charge in [0.1, 0.15) is 5.82 Å². The van der Waals surface area contributed by atoms with Crippen molar-refractivity contribution in [2.45, 2.75) is 11.8 Å². The molecule has 0 N–H and O–H groups in total. The number of likely N-dealkylation sites (N-methyl/N-ethyl adjacent to an activating group) is 1. The molecule has 0 unspecified atom stereocenters. The second-order valence-corrected chi connectivity index (χ2v) is 8.10. The molecule has 8 heteroatoms. The van der Waals surface area contributed by atoms with Crippen molar-refractivity contribution in [1.29, 1.82) is 0 Å². The van der Waals surface area contributed by atoms with E-state index < -0.39 is 21.7 Å². The molecular weight excluding hydrogens is 383 g/mol. The Labute approximate surface area is 162 Å². The summed E-state index contributed by atoms with van der Waals surface area (Å²) in [6.45, 7) is 5.60. The van der Waals surface area contributed by atoms with E-state index in [-0.39, 0.29) is 26.9 Å². The van der Waals surface area contributed by atoms with Crippen LogP contribution in [0.15, 0.2) is 60.1 Å². The number of hydroxylamine groups is 2. The van der Waals surface area contributed by atoms with Gasteiger partial charge in [-0.3, -0.25) is 9.63 Å². The van der Waals surface area contributed by atoms with E-state index in [1.54, 1.807) is 12.1 Å². The molecule has 0 aliphatic rings. The fraction of sp³-hybridized carbons (Fsp3) is 0.150. The van der Waals surface area contributed by atoms with E-state index in [0.717, 1.165) is 14.6 Å². The van der Waals surface area contributed by atoms with E-state index in [1.807, 2.05) is 6.92 Å². The number of amides is 1. The van der Waals surface area contributed by atoms with Crippen LogP contribution in [0.4, 0.5) is 4.39 Å². The number of rotatable bonds is 5. The van der Waals surface area contributed by atoms with Crippen LogP contribution in [0.25, 0.3) is 16.5 Å². The van der Waals surface area contributed by atoms with Crippen LogP contribution in [0, 0.1) is 12.7 Å². The number of halogens is 1. The van der Waals surface area contributed by atoms with Gasteiger partial charge in [-0.2, -0.15) is 0 Å². The zero-order valence-electron chi connectivity index (χ0n) is 15.6. The molecule has 0 bridgehead atoms. The maximum atomic E-state index is 13.9. The summed E-state index contributed by atoms with van der Waals surface area (Å²) in [6, 6.07) is 10.1. The van der Waals surface area contributed by atoms with Crippen LogP contribution in [0.2, 0.25) is 0 Å². The first-order chi connectivity index (χ1) is 13.2. The molecule has 0 fully saturated rings. The monoisotopic (exact) mass is 402 g/mol. The Hall–Kier alpha value is -2.97. The highest BCUT2D eigenvalue weighted by Crippen LogP contribution is 2.31. The van der Waals surface area contributed by atoms with Gasteiger partial charge in [-0.25, -0.2) is 21.8 Å². The third kappa shape index (κ3) is 3.32. The lowest BCUT2D eigenvalue weighted by molar-refractivity contribution is -0.161. The van der Waals surface area contributed by atoms with Crippen LogP contribution in [-0.2, 0) is 19.7 Å². The van der Waals surface area contributed by atoms with Crippen molar-refractivity contribution >= 4 is 32.4 Å².